The number of hydrogen-bond acceptors (Lipinski definition) is 2. The maximum Gasteiger partial charge on any atom is 0.0576 e. The topological polar surface area (TPSA) is 21.3 Å². The molecule has 2 unspecified atom stereocenters. The zero-order chi connectivity index (χ0) is 13.9. The number of nitrogens with one attached hydrogen (secondary N) is 1. The van der Waals surface area contributed by atoms with E-state index in [-0.39, 0.29) is 0 Å². The van der Waals surface area contributed by atoms with Crippen molar-refractivity contribution in [2.45, 2.75) is 90.7 Å². The molecule has 0 bridgehead atoms. The third-order valence-electron chi connectivity index (χ3n) is 4.42. The van der Waals surface area contributed by atoms with Crippen LogP contribution in [-0.4, -0.2) is 25.3 Å². The number of rotatable bonds is 11. The van der Waals surface area contributed by atoms with Crippen LogP contribution in [0.1, 0.15) is 78.6 Å². The quantitative estimate of drug-likeness (QED) is 0.595. The van der Waals surface area contributed by atoms with Crippen molar-refractivity contribution >= 4 is 0 Å². The molecule has 1 N–H and O–H groups in total. The van der Waals surface area contributed by atoms with E-state index in [0.29, 0.717) is 6.10 Å². The lowest BCUT2D eigenvalue weighted by Gasteiger charge is -2.28. The molecule has 1 aliphatic heterocycles. The molecule has 0 radical (unpaired) electrons. The van der Waals surface area contributed by atoms with Gasteiger partial charge >= 0.3 is 0 Å². The van der Waals surface area contributed by atoms with Crippen LogP contribution in [-0.2, 0) is 4.74 Å². The smallest absolute Gasteiger partial charge is 0.0576 e. The third kappa shape index (κ3) is 6.76. The molecule has 0 saturated carbocycles. The minimum atomic E-state index is 0.568. The summed E-state index contributed by atoms with van der Waals surface area (Å²) in [6.45, 7) is 8.97. The van der Waals surface area contributed by atoms with E-state index in [1.807, 2.05) is 0 Å². The summed E-state index contributed by atoms with van der Waals surface area (Å²) in [5, 5.41) is 3.74. The maximum absolute atomic E-state index is 5.73. The second-order valence-electron chi connectivity index (χ2n) is 6.07. The number of hydrogen-bond donors (Lipinski definition) is 1. The maximum atomic E-state index is 5.73. The lowest BCUT2D eigenvalue weighted by molar-refractivity contribution is 0.100. The molecule has 1 heterocycles. The van der Waals surface area contributed by atoms with E-state index in [0.717, 1.165) is 25.1 Å². The summed E-state index contributed by atoms with van der Waals surface area (Å²) in [6.07, 6.45) is 12.5. The highest BCUT2D eigenvalue weighted by atomic mass is 16.5. The summed E-state index contributed by atoms with van der Waals surface area (Å²) in [5.41, 5.74) is 0. The molecule has 2 nitrogen and oxygen atoms in total. The van der Waals surface area contributed by atoms with Crippen molar-refractivity contribution < 1.29 is 4.74 Å². The van der Waals surface area contributed by atoms with Crippen molar-refractivity contribution in [2.75, 3.05) is 13.2 Å². The van der Waals surface area contributed by atoms with Gasteiger partial charge in [-0.2, -0.15) is 0 Å². The molecule has 1 fully saturated rings. The molecule has 0 spiro atoms. The summed E-state index contributed by atoms with van der Waals surface area (Å²) in [5.74, 6) is 0.874. The van der Waals surface area contributed by atoms with Gasteiger partial charge in [0.2, 0.25) is 0 Å². The largest absolute Gasteiger partial charge is 0.378 e. The Balaban J connectivity index is 2.31. The first kappa shape index (κ1) is 17.0. The minimum Gasteiger partial charge on any atom is -0.378 e. The standard InChI is InChI=1S/C17H35NO/c1-4-9-15(10-5-2)17(18-6-3)13-7-11-16-12-8-14-19-16/h15-18H,4-14H2,1-3H3. The summed E-state index contributed by atoms with van der Waals surface area (Å²) in [6, 6.07) is 0.728. The molecular weight excluding hydrogens is 234 g/mol. The first-order valence-electron chi connectivity index (χ1n) is 8.66. The summed E-state index contributed by atoms with van der Waals surface area (Å²) >= 11 is 0. The molecule has 2 heteroatoms. The molecule has 2 atom stereocenters. The van der Waals surface area contributed by atoms with Crippen molar-refractivity contribution in [3.63, 3.8) is 0 Å². The Bertz CT molecular complexity index is 195. The lowest BCUT2D eigenvalue weighted by atomic mass is 9.87. The fourth-order valence-corrected chi connectivity index (χ4v) is 3.49. The van der Waals surface area contributed by atoms with Crippen molar-refractivity contribution in [1.82, 2.24) is 5.32 Å². The monoisotopic (exact) mass is 269 g/mol. The van der Waals surface area contributed by atoms with Crippen LogP contribution < -0.4 is 5.32 Å². The SMILES string of the molecule is CCCC(CCC)C(CCCC1CCCO1)NCC. The van der Waals surface area contributed by atoms with Crippen molar-refractivity contribution in [3.05, 3.63) is 0 Å². The van der Waals surface area contributed by atoms with Crippen LogP contribution in [0.2, 0.25) is 0 Å². The molecule has 1 aliphatic rings. The van der Waals surface area contributed by atoms with Gasteiger partial charge in [0.25, 0.3) is 0 Å². The molecule has 0 aliphatic carbocycles. The van der Waals surface area contributed by atoms with Gasteiger partial charge in [-0.05, 0) is 57.4 Å². The van der Waals surface area contributed by atoms with E-state index < -0.39 is 0 Å². The van der Waals surface area contributed by atoms with Gasteiger partial charge in [-0.3, -0.25) is 0 Å². The van der Waals surface area contributed by atoms with Gasteiger partial charge in [0.15, 0.2) is 0 Å². The van der Waals surface area contributed by atoms with E-state index in [9.17, 15) is 0 Å². The highest BCUT2D eigenvalue weighted by Crippen LogP contribution is 2.24. The van der Waals surface area contributed by atoms with E-state index in [1.165, 1.54) is 57.8 Å². The Morgan fingerprint density at radius 1 is 1.11 bits per heavy atom. The van der Waals surface area contributed by atoms with Crippen LogP contribution in [0, 0.1) is 5.92 Å². The highest BCUT2D eigenvalue weighted by Gasteiger charge is 2.20. The molecule has 0 aromatic carbocycles. The van der Waals surface area contributed by atoms with Crippen molar-refractivity contribution in [2.24, 2.45) is 5.92 Å². The molecule has 0 amide bonds. The van der Waals surface area contributed by atoms with E-state index in [2.05, 4.69) is 26.1 Å². The zero-order valence-electron chi connectivity index (χ0n) is 13.4. The van der Waals surface area contributed by atoms with Gasteiger partial charge in [-0.15, -0.1) is 0 Å². The Morgan fingerprint density at radius 2 is 1.84 bits per heavy atom. The fraction of sp³-hybridized carbons (Fsp3) is 1.00. The Morgan fingerprint density at radius 3 is 2.37 bits per heavy atom. The normalized spacial score (nSPS) is 21.2. The summed E-state index contributed by atoms with van der Waals surface area (Å²) < 4.78 is 5.73. The molecular formula is C17H35NO. The van der Waals surface area contributed by atoms with Gasteiger partial charge in [0.05, 0.1) is 6.10 Å². The molecule has 19 heavy (non-hydrogen) atoms. The Labute approximate surface area is 120 Å². The van der Waals surface area contributed by atoms with Gasteiger partial charge in [0.1, 0.15) is 0 Å². The second-order valence-corrected chi connectivity index (χ2v) is 6.07. The third-order valence-corrected chi connectivity index (χ3v) is 4.42. The van der Waals surface area contributed by atoms with Crippen LogP contribution in [0.5, 0.6) is 0 Å². The first-order valence-corrected chi connectivity index (χ1v) is 8.66. The Kier molecular flexibility index (Phi) is 9.54. The molecule has 1 rings (SSSR count). The average Bonchev–Trinajstić information content (AvgIpc) is 2.91. The summed E-state index contributed by atoms with van der Waals surface area (Å²) in [4.78, 5) is 0. The molecule has 114 valence electrons. The molecule has 1 saturated heterocycles. The van der Waals surface area contributed by atoms with Gasteiger partial charge < -0.3 is 10.1 Å². The predicted octanol–water partition coefficient (Wildman–Crippen LogP) is 4.53. The van der Waals surface area contributed by atoms with Crippen LogP contribution in [0.25, 0.3) is 0 Å². The van der Waals surface area contributed by atoms with Crippen LogP contribution in [0.15, 0.2) is 0 Å². The highest BCUT2D eigenvalue weighted by molar-refractivity contribution is 4.77. The van der Waals surface area contributed by atoms with Gasteiger partial charge in [-0.1, -0.05) is 33.6 Å². The van der Waals surface area contributed by atoms with Crippen molar-refractivity contribution in [1.29, 1.82) is 0 Å². The number of ether oxygens (including phenoxy) is 1. The van der Waals surface area contributed by atoms with Crippen LogP contribution in [0.3, 0.4) is 0 Å². The predicted molar refractivity (Wildman–Crippen MR) is 83.6 cm³/mol. The zero-order valence-corrected chi connectivity index (χ0v) is 13.4. The van der Waals surface area contributed by atoms with Crippen LogP contribution in [0.4, 0.5) is 0 Å². The Hall–Kier alpha value is -0.0800. The van der Waals surface area contributed by atoms with Crippen LogP contribution >= 0.6 is 0 Å². The second kappa shape index (κ2) is 10.7. The van der Waals surface area contributed by atoms with Gasteiger partial charge in [0, 0.05) is 12.6 Å². The van der Waals surface area contributed by atoms with E-state index in [4.69, 9.17) is 4.74 Å². The molecule has 0 aromatic heterocycles. The lowest BCUT2D eigenvalue weighted by Crippen LogP contribution is -2.36. The first-order chi connectivity index (χ1) is 9.31. The molecule has 0 aromatic rings. The van der Waals surface area contributed by atoms with Crippen molar-refractivity contribution in [3.8, 4) is 0 Å². The fourth-order valence-electron chi connectivity index (χ4n) is 3.49. The van der Waals surface area contributed by atoms with Gasteiger partial charge in [-0.25, -0.2) is 0 Å². The van der Waals surface area contributed by atoms with E-state index >= 15 is 0 Å². The minimum absolute atomic E-state index is 0.568. The average molecular weight is 269 g/mol. The van der Waals surface area contributed by atoms with E-state index in [1.54, 1.807) is 0 Å². The summed E-state index contributed by atoms with van der Waals surface area (Å²) in [7, 11) is 0.